The van der Waals surface area contributed by atoms with E-state index >= 15 is 0 Å². The summed E-state index contributed by atoms with van der Waals surface area (Å²) >= 11 is 3.52. The summed E-state index contributed by atoms with van der Waals surface area (Å²) in [6, 6.07) is 13.6. The first-order valence-electron chi connectivity index (χ1n) is 5.81. The predicted molar refractivity (Wildman–Crippen MR) is 85.8 cm³/mol. The van der Waals surface area contributed by atoms with Crippen molar-refractivity contribution in [3.05, 3.63) is 61.7 Å². The van der Waals surface area contributed by atoms with Crippen LogP contribution in [0.15, 0.2) is 52.3 Å². The van der Waals surface area contributed by atoms with E-state index in [-0.39, 0.29) is 10.6 Å². The van der Waals surface area contributed by atoms with E-state index in [1.807, 2.05) is 40.8 Å². The molecule has 0 N–H and O–H groups in total. The molecule has 2 rings (SSSR count). The van der Waals surface area contributed by atoms with Gasteiger partial charge in [0.1, 0.15) is 0 Å². The van der Waals surface area contributed by atoms with E-state index in [0.717, 1.165) is 16.2 Å². The first-order valence-corrected chi connectivity index (χ1v) is 7.70. The lowest BCUT2D eigenvalue weighted by Crippen LogP contribution is -1.91. The molecule has 0 atom stereocenters. The van der Waals surface area contributed by atoms with E-state index in [4.69, 9.17) is 0 Å². The van der Waals surface area contributed by atoms with Crippen molar-refractivity contribution in [3.8, 4) is 0 Å². The van der Waals surface area contributed by atoms with Crippen LogP contribution in [0.2, 0.25) is 0 Å². The summed E-state index contributed by atoms with van der Waals surface area (Å²) in [4.78, 5) is 12.5. The topological polar surface area (TPSA) is 43.1 Å². The van der Waals surface area contributed by atoms with Crippen molar-refractivity contribution < 1.29 is 4.92 Å². The molecule has 0 aliphatic heterocycles. The highest BCUT2D eigenvalue weighted by Gasteiger charge is 2.12. The minimum atomic E-state index is -0.341. The maximum absolute atomic E-state index is 10.9. The fourth-order valence-corrected chi connectivity index (χ4v) is 3.01. The fraction of sp³-hybridized carbons (Fsp3) is 0.143. The Morgan fingerprint density at radius 3 is 2.37 bits per heavy atom. The SMILES string of the molecule is CCc1ccc(Sc2ccc(I)c([N+](=O)[O-])c2)cc1. The molecular weight excluding hydrogens is 373 g/mol. The van der Waals surface area contributed by atoms with Gasteiger partial charge in [-0.05, 0) is 58.8 Å². The van der Waals surface area contributed by atoms with Crippen LogP contribution in [-0.4, -0.2) is 4.92 Å². The quantitative estimate of drug-likeness (QED) is 0.427. The number of hydrogen-bond donors (Lipinski definition) is 0. The standard InChI is InChI=1S/C14H12INO2S/c1-2-10-3-5-11(6-4-10)19-12-7-8-13(15)14(9-12)16(17)18/h3-9H,2H2,1H3. The van der Waals surface area contributed by atoms with Crippen molar-refractivity contribution in [1.29, 1.82) is 0 Å². The highest BCUT2D eigenvalue weighted by Crippen LogP contribution is 2.32. The van der Waals surface area contributed by atoms with Gasteiger partial charge in [0.05, 0.1) is 8.49 Å². The van der Waals surface area contributed by atoms with E-state index in [0.29, 0.717) is 3.57 Å². The van der Waals surface area contributed by atoms with Crippen LogP contribution in [0.25, 0.3) is 0 Å². The number of hydrogen-bond acceptors (Lipinski definition) is 3. The molecule has 0 aliphatic rings. The number of aryl methyl sites for hydroxylation is 1. The van der Waals surface area contributed by atoms with Crippen molar-refractivity contribution in [3.63, 3.8) is 0 Å². The Labute approximate surface area is 129 Å². The molecule has 0 amide bonds. The van der Waals surface area contributed by atoms with Crippen LogP contribution in [0.1, 0.15) is 12.5 Å². The number of rotatable bonds is 4. The van der Waals surface area contributed by atoms with Crippen LogP contribution in [0.3, 0.4) is 0 Å². The fourth-order valence-electron chi connectivity index (χ4n) is 1.63. The Balaban J connectivity index is 2.22. The lowest BCUT2D eigenvalue weighted by molar-refractivity contribution is -0.386. The van der Waals surface area contributed by atoms with Gasteiger partial charge in [0.15, 0.2) is 0 Å². The second-order valence-corrected chi connectivity index (χ2v) is 6.28. The van der Waals surface area contributed by atoms with Gasteiger partial charge in [-0.1, -0.05) is 30.8 Å². The Morgan fingerprint density at radius 1 is 1.16 bits per heavy atom. The predicted octanol–water partition coefficient (Wildman–Crippen LogP) is 4.91. The van der Waals surface area contributed by atoms with Crippen molar-refractivity contribution in [2.75, 3.05) is 0 Å². The molecule has 2 aromatic carbocycles. The van der Waals surface area contributed by atoms with E-state index in [1.165, 1.54) is 17.3 Å². The highest BCUT2D eigenvalue weighted by molar-refractivity contribution is 14.1. The molecule has 0 aliphatic carbocycles. The van der Waals surface area contributed by atoms with Crippen molar-refractivity contribution >= 4 is 40.0 Å². The summed E-state index contributed by atoms with van der Waals surface area (Å²) in [6.07, 6.45) is 1.01. The maximum Gasteiger partial charge on any atom is 0.283 e. The Kier molecular flexibility index (Phi) is 4.81. The first-order chi connectivity index (χ1) is 9.10. The van der Waals surface area contributed by atoms with Crippen LogP contribution in [0.5, 0.6) is 0 Å². The third-order valence-corrected chi connectivity index (χ3v) is 4.59. The van der Waals surface area contributed by atoms with E-state index in [2.05, 4.69) is 19.1 Å². The van der Waals surface area contributed by atoms with E-state index < -0.39 is 0 Å². The molecule has 98 valence electrons. The number of nitrogens with zero attached hydrogens (tertiary/aromatic N) is 1. The third kappa shape index (κ3) is 3.70. The first kappa shape index (κ1) is 14.3. The summed E-state index contributed by atoms with van der Waals surface area (Å²) in [5.74, 6) is 0. The minimum Gasteiger partial charge on any atom is -0.258 e. The molecular formula is C14H12INO2S. The molecule has 0 unspecified atom stereocenters. The van der Waals surface area contributed by atoms with Gasteiger partial charge in [-0.2, -0.15) is 0 Å². The van der Waals surface area contributed by atoms with Gasteiger partial charge in [0.2, 0.25) is 0 Å². The zero-order valence-corrected chi connectivity index (χ0v) is 13.3. The maximum atomic E-state index is 10.9. The summed E-state index contributed by atoms with van der Waals surface area (Å²) in [5, 5.41) is 10.9. The van der Waals surface area contributed by atoms with Gasteiger partial charge in [-0.3, -0.25) is 10.1 Å². The summed E-state index contributed by atoms with van der Waals surface area (Å²) in [5.41, 5.74) is 1.45. The Hall–Kier alpha value is -1.08. The average Bonchev–Trinajstić information content (AvgIpc) is 2.41. The smallest absolute Gasteiger partial charge is 0.258 e. The lowest BCUT2D eigenvalue weighted by Gasteiger charge is -2.04. The Morgan fingerprint density at radius 2 is 1.79 bits per heavy atom. The number of benzene rings is 2. The monoisotopic (exact) mass is 385 g/mol. The number of halogens is 1. The number of nitro groups is 1. The van der Waals surface area contributed by atoms with Crippen LogP contribution < -0.4 is 0 Å². The lowest BCUT2D eigenvalue weighted by atomic mass is 10.2. The van der Waals surface area contributed by atoms with E-state index in [9.17, 15) is 10.1 Å². The van der Waals surface area contributed by atoms with Gasteiger partial charge in [-0.15, -0.1) is 0 Å². The minimum absolute atomic E-state index is 0.163. The summed E-state index contributed by atoms with van der Waals surface area (Å²) < 4.78 is 0.660. The van der Waals surface area contributed by atoms with Crippen molar-refractivity contribution in [1.82, 2.24) is 0 Å². The van der Waals surface area contributed by atoms with Gasteiger partial charge >= 0.3 is 0 Å². The molecule has 0 bridgehead atoms. The van der Waals surface area contributed by atoms with Gasteiger partial charge in [0.25, 0.3) is 5.69 Å². The molecule has 5 heteroatoms. The molecule has 0 aromatic heterocycles. The van der Waals surface area contributed by atoms with Gasteiger partial charge < -0.3 is 0 Å². The molecule has 3 nitrogen and oxygen atoms in total. The second kappa shape index (κ2) is 6.38. The molecule has 2 aromatic rings. The number of nitro benzene ring substituents is 1. The molecule has 0 fully saturated rings. The van der Waals surface area contributed by atoms with Crippen molar-refractivity contribution in [2.24, 2.45) is 0 Å². The molecule has 0 saturated carbocycles. The van der Waals surface area contributed by atoms with Crippen molar-refractivity contribution in [2.45, 2.75) is 23.1 Å². The molecule has 0 saturated heterocycles. The van der Waals surface area contributed by atoms with Gasteiger partial charge in [-0.25, -0.2) is 0 Å². The largest absolute Gasteiger partial charge is 0.283 e. The third-order valence-electron chi connectivity index (χ3n) is 2.68. The van der Waals surface area contributed by atoms with Crippen LogP contribution >= 0.6 is 34.4 Å². The molecule has 0 heterocycles. The van der Waals surface area contributed by atoms with E-state index in [1.54, 1.807) is 12.1 Å². The molecule has 0 radical (unpaired) electrons. The zero-order chi connectivity index (χ0) is 13.8. The van der Waals surface area contributed by atoms with Gasteiger partial charge in [0, 0.05) is 15.9 Å². The average molecular weight is 385 g/mol. The zero-order valence-electron chi connectivity index (χ0n) is 10.3. The van der Waals surface area contributed by atoms with Crippen LogP contribution in [-0.2, 0) is 6.42 Å². The van der Waals surface area contributed by atoms with Crippen LogP contribution in [0, 0.1) is 13.7 Å². The molecule has 0 spiro atoms. The summed E-state index contributed by atoms with van der Waals surface area (Å²) in [6.45, 7) is 2.12. The van der Waals surface area contributed by atoms with Crippen LogP contribution in [0.4, 0.5) is 5.69 Å². The Bertz CT molecular complexity index is 599. The summed E-state index contributed by atoms with van der Waals surface area (Å²) in [7, 11) is 0. The normalized spacial score (nSPS) is 10.4. The second-order valence-electron chi connectivity index (χ2n) is 3.97. The molecule has 19 heavy (non-hydrogen) atoms. The highest BCUT2D eigenvalue weighted by atomic mass is 127.